The van der Waals surface area contributed by atoms with Gasteiger partial charge in [-0.1, -0.05) is 0 Å². The van der Waals surface area contributed by atoms with E-state index in [0.717, 1.165) is 19.3 Å². The first-order valence-corrected chi connectivity index (χ1v) is 7.14. The highest BCUT2D eigenvalue weighted by atomic mass is 16.5. The molecule has 2 fully saturated rings. The molecular formula is C15H18N2O4. The second kappa shape index (κ2) is 5.11. The highest BCUT2D eigenvalue weighted by molar-refractivity contribution is 5.95. The number of hydrogen-bond donors (Lipinski definition) is 1. The quantitative estimate of drug-likeness (QED) is 0.892. The van der Waals surface area contributed by atoms with Crippen molar-refractivity contribution >= 4 is 11.9 Å². The van der Waals surface area contributed by atoms with Crippen molar-refractivity contribution < 1.29 is 19.4 Å². The molecule has 0 radical (unpaired) electrons. The largest absolute Gasteiger partial charge is 0.478 e. The minimum Gasteiger partial charge on any atom is -0.478 e. The van der Waals surface area contributed by atoms with Gasteiger partial charge in [-0.05, 0) is 38.3 Å². The zero-order chi connectivity index (χ0) is 15.0. The number of aryl methyl sites for hydroxylation is 1. The number of hydrogen-bond acceptors (Lipinski definition) is 4. The average molecular weight is 290 g/mol. The number of rotatable bonds is 2. The summed E-state index contributed by atoms with van der Waals surface area (Å²) in [6.45, 7) is 3.31. The van der Waals surface area contributed by atoms with Crippen LogP contribution in [0.5, 0.6) is 0 Å². The fourth-order valence-electron chi connectivity index (χ4n) is 3.09. The van der Waals surface area contributed by atoms with Gasteiger partial charge in [0, 0.05) is 6.54 Å². The Morgan fingerprint density at radius 1 is 1.38 bits per heavy atom. The van der Waals surface area contributed by atoms with Gasteiger partial charge in [-0.25, -0.2) is 9.78 Å². The summed E-state index contributed by atoms with van der Waals surface area (Å²) < 4.78 is 5.53. The van der Waals surface area contributed by atoms with Crippen molar-refractivity contribution in [3.63, 3.8) is 0 Å². The van der Waals surface area contributed by atoms with E-state index in [-0.39, 0.29) is 17.0 Å². The van der Waals surface area contributed by atoms with Crippen LogP contribution in [0.1, 0.15) is 45.8 Å². The van der Waals surface area contributed by atoms with E-state index in [1.165, 1.54) is 12.1 Å². The van der Waals surface area contributed by atoms with Gasteiger partial charge in [0.1, 0.15) is 5.69 Å². The second-order valence-electron chi connectivity index (χ2n) is 5.72. The van der Waals surface area contributed by atoms with Crippen LogP contribution in [0.25, 0.3) is 0 Å². The molecule has 1 aliphatic carbocycles. The molecule has 6 nitrogen and oxygen atoms in total. The summed E-state index contributed by atoms with van der Waals surface area (Å²) in [7, 11) is 0. The van der Waals surface area contributed by atoms with Gasteiger partial charge in [0.2, 0.25) is 0 Å². The molecule has 1 N–H and O–H groups in total. The molecule has 1 aromatic heterocycles. The highest BCUT2D eigenvalue weighted by Crippen LogP contribution is 2.40. The summed E-state index contributed by atoms with van der Waals surface area (Å²) >= 11 is 0. The maximum atomic E-state index is 12.7. The molecule has 0 atom stereocenters. The summed E-state index contributed by atoms with van der Waals surface area (Å²) in [5, 5.41) is 9.02. The molecule has 1 saturated heterocycles. The molecular weight excluding hydrogens is 272 g/mol. The number of carboxylic acids is 1. The number of carboxylic acid groups (broad SMARTS) is 1. The average Bonchev–Trinajstić information content (AvgIpc) is 2.44. The molecule has 3 rings (SSSR count). The van der Waals surface area contributed by atoms with Crippen molar-refractivity contribution in [3.8, 4) is 0 Å². The number of carbonyl (C=O) groups is 2. The Hall–Kier alpha value is -1.95. The normalized spacial score (nSPS) is 20.1. The lowest BCUT2D eigenvalue weighted by atomic mass is 9.75. The van der Waals surface area contributed by atoms with Crippen molar-refractivity contribution in [2.24, 2.45) is 0 Å². The lowest BCUT2D eigenvalue weighted by Crippen LogP contribution is -2.62. The zero-order valence-electron chi connectivity index (χ0n) is 12.0. The Labute approximate surface area is 122 Å². The number of aromatic nitrogens is 1. The summed E-state index contributed by atoms with van der Waals surface area (Å²) in [6.07, 6.45) is 3.04. The number of carbonyl (C=O) groups excluding carboxylic acids is 1. The van der Waals surface area contributed by atoms with Crippen molar-refractivity contribution in [2.75, 3.05) is 19.8 Å². The van der Waals surface area contributed by atoms with E-state index in [9.17, 15) is 9.59 Å². The molecule has 1 aliphatic heterocycles. The fraction of sp³-hybridized carbons (Fsp3) is 0.533. The third-order valence-corrected chi connectivity index (χ3v) is 4.47. The Bertz CT molecular complexity index is 595. The van der Waals surface area contributed by atoms with Gasteiger partial charge in [-0.15, -0.1) is 0 Å². The predicted octanol–water partition coefficient (Wildman–Crippen LogP) is 1.48. The predicted molar refractivity (Wildman–Crippen MR) is 74.4 cm³/mol. The first kappa shape index (κ1) is 14.0. The van der Waals surface area contributed by atoms with Crippen LogP contribution in [0.4, 0.5) is 0 Å². The number of nitrogens with zero attached hydrogens (tertiary/aromatic N) is 2. The maximum Gasteiger partial charge on any atom is 0.337 e. The Kier molecular flexibility index (Phi) is 3.41. The number of ether oxygens (including phenoxy) is 1. The Morgan fingerprint density at radius 2 is 2.14 bits per heavy atom. The SMILES string of the molecule is Cc1nc(C(=O)N2CCOCC23CCC3)ccc1C(=O)O. The first-order chi connectivity index (χ1) is 10.0. The molecule has 0 aromatic carbocycles. The van der Waals surface area contributed by atoms with Crippen LogP contribution < -0.4 is 0 Å². The van der Waals surface area contributed by atoms with E-state index in [0.29, 0.717) is 31.1 Å². The van der Waals surface area contributed by atoms with Gasteiger partial charge in [0.15, 0.2) is 0 Å². The van der Waals surface area contributed by atoms with Crippen LogP contribution in [0.15, 0.2) is 12.1 Å². The van der Waals surface area contributed by atoms with E-state index < -0.39 is 5.97 Å². The van der Waals surface area contributed by atoms with Crippen LogP contribution in [0.3, 0.4) is 0 Å². The lowest BCUT2D eigenvalue weighted by Gasteiger charge is -2.52. The fourth-order valence-corrected chi connectivity index (χ4v) is 3.09. The Balaban J connectivity index is 1.87. The zero-order valence-corrected chi connectivity index (χ0v) is 12.0. The number of aromatic carboxylic acids is 1. The molecule has 112 valence electrons. The van der Waals surface area contributed by atoms with Gasteiger partial charge in [0.05, 0.1) is 30.0 Å². The molecule has 1 spiro atoms. The maximum absolute atomic E-state index is 12.7. The molecule has 2 heterocycles. The topological polar surface area (TPSA) is 79.7 Å². The van der Waals surface area contributed by atoms with E-state index >= 15 is 0 Å². The van der Waals surface area contributed by atoms with Gasteiger partial charge >= 0.3 is 5.97 Å². The summed E-state index contributed by atoms with van der Waals surface area (Å²) in [5.74, 6) is -1.15. The molecule has 1 amide bonds. The third kappa shape index (κ3) is 2.29. The van der Waals surface area contributed by atoms with Crippen LogP contribution in [0, 0.1) is 6.92 Å². The van der Waals surface area contributed by atoms with Crippen molar-refractivity contribution in [1.82, 2.24) is 9.88 Å². The van der Waals surface area contributed by atoms with Crippen LogP contribution >= 0.6 is 0 Å². The van der Waals surface area contributed by atoms with Gasteiger partial charge in [-0.3, -0.25) is 4.79 Å². The number of morpholine rings is 1. The summed E-state index contributed by atoms with van der Waals surface area (Å²) in [6, 6.07) is 2.95. The van der Waals surface area contributed by atoms with Crippen molar-refractivity contribution in [3.05, 3.63) is 29.1 Å². The van der Waals surface area contributed by atoms with Crippen molar-refractivity contribution in [2.45, 2.75) is 31.7 Å². The lowest BCUT2D eigenvalue weighted by molar-refractivity contribution is -0.0879. The van der Waals surface area contributed by atoms with Gasteiger partial charge in [-0.2, -0.15) is 0 Å². The highest BCUT2D eigenvalue weighted by Gasteiger charge is 2.47. The van der Waals surface area contributed by atoms with Crippen LogP contribution in [-0.2, 0) is 4.74 Å². The van der Waals surface area contributed by atoms with Gasteiger partial charge < -0.3 is 14.7 Å². The molecule has 2 aliphatic rings. The minimum absolute atomic E-state index is 0.127. The monoisotopic (exact) mass is 290 g/mol. The molecule has 1 aromatic rings. The smallest absolute Gasteiger partial charge is 0.337 e. The van der Waals surface area contributed by atoms with E-state index in [4.69, 9.17) is 9.84 Å². The van der Waals surface area contributed by atoms with Crippen molar-refractivity contribution in [1.29, 1.82) is 0 Å². The minimum atomic E-state index is -1.03. The summed E-state index contributed by atoms with van der Waals surface area (Å²) in [4.78, 5) is 29.8. The third-order valence-electron chi connectivity index (χ3n) is 4.47. The number of amides is 1. The van der Waals surface area contributed by atoms with E-state index in [2.05, 4.69) is 4.98 Å². The summed E-state index contributed by atoms with van der Waals surface area (Å²) in [5.41, 5.74) is 0.637. The van der Waals surface area contributed by atoms with E-state index in [1.54, 1.807) is 6.92 Å². The molecule has 6 heteroatoms. The van der Waals surface area contributed by atoms with E-state index in [1.807, 2.05) is 4.90 Å². The van der Waals surface area contributed by atoms with Crippen LogP contribution in [0.2, 0.25) is 0 Å². The molecule has 0 unspecified atom stereocenters. The standard InChI is InChI=1S/C15H18N2O4/c1-10-11(14(19)20)3-4-12(16-10)13(18)17-7-8-21-9-15(17)5-2-6-15/h3-4H,2,5-9H2,1H3,(H,19,20). The Morgan fingerprint density at radius 3 is 2.71 bits per heavy atom. The molecule has 21 heavy (non-hydrogen) atoms. The van der Waals surface area contributed by atoms with Crippen LogP contribution in [-0.4, -0.2) is 52.2 Å². The number of pyridine rings is 1. The first-order valence-electron chi connectivity index (χ1n) is 7.14. The molecule has 0 bridgehead atoms. The van der Waals surface area contributed by atoms with Gasteiger partial charge in [0.25, 0.3) is 5.91 Å². The molecule has 1 saturated carbocycles. The second-order valence-corrected chi connectivity index (χ2v) is 5.72.